The van der Waals surface area contributed by atoms with Gasteiger partial charge in [-0.3, -0.25) is 0 Å². The van der Waals surface area contributed by atoms with Gasteiger partial charge in [0, 0.05) is 22.5 Å². The summed E-state index contributed by atoms with van der Waals surface area (Å²) in [4.78, 5) is 0. The second-order valence-corrected chi connectivity index (χ2v) is 12.9. The molecule has 10 rings (SSSR count). The molecule has 1 aliphatic heterocycles. The van der Waals surface area contributed by atoms with Gasteiger partial charge in [-0.1, -0.05) is 146 Å². The van der Waals surface area contributed by atoms with Crippen molar-refractivity contribution in [2.24, 2.45) is 0 Å². The number of ether oxygens (including phenoxy) is 1. The third kappa shape index (κ3) is 4.14. The lowest BCUT2D eigenvalue weighted by Gasteiger charge is -2.39. The highest BCUT2D eigenvalue weighted by atomic mass is 16.5. The van der Waals surface area contributed by atoms with Crippen molar-refractivity contribution in [1.82, 2.24) is 0 Å². The number of anilines is 2. The third-order valence-electron chi connectivity index (χ3n) is 10.3. The zero-order valence-electron chi connectivity index (χ0n) is 26.7. The first kappa shape index (κ1) is 27.7. The van der Waals surface area contributed by atoms with Crippen LogP contribution in [0, 0.1) is 0 Å². The molecule has 0 unspecified atom stereocenters. The summed E-state index contributed by atoms with van der Waals surface area (Å²) in [5, 5.41) is 6.24. The predicted octanol–water partition coefficient (Wildman–Crippen LogP) is 12.4. The van der Waals surface area contributed by atoms with Crippen molar-refractivity contribution in [3.8, 4) is 44.9 Å². The van der Waals surface area contributed by atoms with E-state index >= 15 is 0 Å². The van der Waals surface area contributed by atoms with Crippen molar-refractivity contribution >= 4 is 22.1 Å². The SMILES string of the molecule is c1ccc2c(c1)Oc1ccc(Nc3ccc(-c4ccccc4-c4cccc5ccccc45)cc3)cc1C21c2ccccc2-c2ccccc21. The highest BCUT2D eigenvalue weighted by Gasteiger charge is 2.50. The third-order valence-corrected chi connectivity index (χ3v) is 10.3. The van der Waals surface area contributed by atoms with E-state index in [-0.39, 0.29) is 0 Å². The van der Waals surface area contributed by atoms with Crippen LogP contribution in [0.4, 0.5) is 11.4 Å². The minimum atomic E-state index is -0.482. The molecule has 2 heteroatoms. The summed E-state index contributed by atoms with van der Waals surface area (Å²) in [6.07, 6.45) is 0. The van der Waals surface area contributed by atoms with Crippen LogP contribution >= 0.6 is 0 Å². The monoisotopic (exact) mass is 625 g/mol. The van der Waals surface area contributed by atoms with E-state index in [2.05, 4.69) is 187 Å². The van der Waals surface area contributed by atoms with Gasteiger partial charge in [-0.15, -0.1) is 0 Å². The van der Waals surface area contributed by atoms with Crippen LogP contribution < -0.4 is 10.1 Å². The Hall–Kier alpha value is -6.38. The molecule has 0 saturated carbocycles. The molecule has 1 aliphatic carbocycles. The Morgan fingerprint density at radius 1 is 0.367 bits per heavy atom. The van der Waals surface area contributed by atoms with Gasteiger partial charge >= 0.3 is 0 Å². The molecule has 8 aromatic rings. The van der Waals surface area contributed by atoms with Crippen LogP contribution in [0.1, 0.15) is 22.3 Å². The number of nitrogens with one attached hydrogen (secondary N) is 1. The lowest BCUT2D eigenvalue weighted by atomic mass is 9.66. The number of rotatable bonds is 4. The lowest BCUT2D eigenvalue weighted by molar-refractivity contribution is 0.436. The maximum atomic E-state index is 6.61. The molecular weight excluding hydrogens is 595 g/mol. The maximum absolute atomic E-state index is 6.61. The molecule has 1 heterocycles. The molecule has 0 bridgehead atoms. The predicted molar refractivity (Wildman–Crippen MR) is 202 cm³/mol. The summed E-state index contributed by atoms with van der Waals surface area (Å²) >= 11 is 0. The van der Waals surface area contributed by atoms with E-state index in [1.165, 1.54) is 60.8 Å². The minimum absolute atomic E-state index is 0.482. The van der Waals surface area contributed by atoms with Crippen LogP contribution in [0.15, 0.2) is 182 Å². The fraction of sp³-hybridized carbons (Fsp3) is 0.0213. The van der Waals surface area contributed by atoms with Crippen LogP contribution in [-0.2, 0) is 5.41 Å². The Labute approximate surface area is 285 Å². The second kappa shape index (κ2) is 10.8. The Balaban J connectivity index is 1.05. The van der Waals surface area contributed by atoms with Crippen molar-refractivity contribution < 1.29 is 4.74 Å². The summed E-state index contributed by atoms with van der Waals surface area (Å²) < 4.78 is 6.61. The lowest BCUT2D eigenvalue weighted by Crippen LogP contribution is -2.32. The van der Waals surface area contributed by atoms with Gasteiger partial charge in [0.15, 0.2) is 0 Å². The van der Waals surface area contributed by atoms with Gasteiger partial charge < -0.3 is 10.1 Å². The van der Waals surface area contributed by atoms with Crippen LogP contribution in [0.2, 0.25) is 0 Å². The summed E-state index contributed by atoms with van der Waals surface area (Å²) in [6, 6.07) is 65.4. The van der Waals surface area contributed by atoms with E-state index < -0.39 is 5.41 Å². The topological polar surface area (TPSA) is 21.3 Å². The standard InChI is InChI=1S/C47H31NO/c1-2-14-35-31(12-1)13-11-19-38(35)37-16-4-3-15-36(37)32-24-26-33(27-25-32)48-34-28-29-46-44(30-34)47(43-22-9-10-23-45(43)49-46)41-20-7-5-17-39(41)40-18-6-8-21-42(40)47/h1-30,48H. The van der Waals surface area contributed by atoms with Crippen molar-refractivity contribution in [2.45, 2.75) is 5.41 Å². The average molecular weight is 626 g/mol. The quantitative estimate of drug-likeness (QED) is 0.210. The second-order valence-electron chi connectivity index (χ2n) is 12.9. The van der Waals surface area contributed by atoms with Crippen molar-refractivity contribution in [3.05, 3.63) is 204 Å². The molecule has 1 spiro atoms. The number of fused-ring (bicyclic) bond motifs is 10. The Bertz CT molecular complexity index is 2510. The van der Waals surface area contributed by atoms with Crippen molar-refractivity contribution in [1.29, 1.82) is 0 Å². The van der Waals surface area contributed by atoms with Gasteiger partial charge in [-0.2, -0.15) is 0 Å². The van der Waals surface area contributed by atoms with Crippen molar-refractivity contribution in [2.75, 3.05) is 5.32 Å². The Morgan fingerprint density at radius 2 is 0.918 bits per heavy atom. The van der Waals surface area contributed by atoms with E-state index in [1.807, 2.05) is 0 Å². The normalized spacial score (nSPS) is 13.2. The number of hydrogen-bond acceptors (Lipinski definition) is 2. The summed E-state index contributed by atoms with van der Waals surface area (Å²) in [7, 11) is 0. The number of para-hydroxylation sites is 1. The minimum Gasteiger partial charge on any atom is -0.457 e. The van der Waals surface area contributed by atoms with E-state index in [0.717, 1.165) is 28.4 Å². The number of benzene rings is 8. The molecule has 230 valence electrons. The first-order valence-electron chi connectivity index (χ1n) is 16.8. The first-order valence-corrected chi connectivity index (χ1v) is 16.8. The summed E-state index contributed by atoms with van der Waals surface area (Å²) in [5.41, 5.74) is 13.9. The van der Waals surface area contributed by atoms with Gasteiger partial charge in [-0.05, 0) is 91.7 Å². The van der Waals surface area contributed by atoms with Crippen LogP contribution in [0.3, 0.4) is 0 Å². The van der Waals surface area contributed by atoms with E-state index in [9.17, 15) is 0 Å². The van der Waals surface area contributed by atoms with Gasteiger partial charge in [0.25, 0.3) is 0 Å². The van der Waals surface area contributed by atoms with Gasteiger partial charge in [-0.25, -0.2) is 0 Å². The molecule has 0 atom stereocenters. The Morgan fingerprint density at radius 3 is 1.69 bits per heavy atom. The molecular formula is C47H31NO. The molecule has 0 aromatic heterocycles. The highest BCUT2D eigenvalue weighted by molar-refractivity contribution is 6.00. The first-order chi connectivity index (χ1) is 24.3. The largest absolute Gasteiger partial charge is 0.457 e. The van der Waals surface area contributed by atoms with Gasteiger partial charge in [0.2, 0.25) is 0 Å². The molecule has 49 heavy (non-hydrogen) atoms. The van der Waals surface area contributed by atoms with Crippen LogP contribution in [0.25, 0.3) is 44.2 Å². The molecule has 1 N–H and O–H groups in total. The molecule has 0 saturated heterocycles. The molecule has 0 fully saturated rings. The number of hydrogen-bond donors (Lipinski definition) is 1. The van der Waals surface area contributed by atoms with Gasteiger partial charge in [0.05, 0.1) is 5.41 Å². The summed E-state index contributed by atoms with van der Waals surface area (Å²) in [5.74, 6) is 1.79. The fourth-order valence-corrected chi connectivity index (χ4v) is 8.26. The van der Waals surface area contributed by atoms with Crippen LogP contribution in [0.5, 0.6) is 11.5 Å². The Kier molecular flexibility index (Phi) is 6.13. The summed E-state index contributed by atoms with van der Waals surface area (Å²) in [6.45, 7) is 0. The zero-order chi connectivity index (χ0) is 32.4. The average Bonchev–Trinajstić information content (AvgIpc) is 3.46. The molecule has 0 amide bonds. The molecule has 2 aliphatic rings. The molecule has 0 radical (unpaired) electrons. The smallest absolute Gasteiger partial charge is 0.132 e. The van der Waals surface area contributed by atoms with E-state index in [0.29, 0.717) is 0 Å². The van der Waals surface area contributed by atoms with E-state index in [1.54, 1.807) is 0 Å². The highest BCUT2D eigenvalue weighted by Crippen LogP contribution is 2.62. The van der Waals surface area contributed by atoms with Gasteiger partial charge in [0.1, 0.15) is 11.5 Å². The molecule has 2 nitrogen and oxygen atoms in total. The van der Waals surface area contributed by atoms with Crippen LogP contribution in [-0.4, -0.2) is 0 Å². The zero-order valence-corrected chi connectivity index (χ0v) is 26.7. The van der Waals surface area contributed by atoms with Crippen molar-refractivity contribution in [3.63, 3.8) is 0 Å². The van der Waals surface area contributed by atoms with E-state index in [4.69, 9.17) is 4.74 Å². The maximum Gasteiger partial charge on any atom is 0.132 e. The fourth-order valence-electron chi connectivity index (χ4n) is 8.26. The molecule has 8 aromatic carbocycles.